The monoisotopic (exact) mass is 443 g/mol. The molecule has 0 aliphatic heterocycles. The Balaban J connectivity index is 1.74. The molecule has 0 aliphatic rings. The van der Waals surface area contributed by atoms with Crippen LogP contribution < -0.4 is 9.47 Å². The Bertz CT molecular complexity index is 909. The summed E-state index contributed by atoms with van der Waals surface area (Å²) in [4.78, 5) is 4.52. The van der Waals surface area contributed by atoms with Gasteiger partial charge in [-0.2, -0.15) is 0 Å². The van der Waals surface area contributed by atoms with Crippen molar-refractivity contribution in [2.45, 2.75) is 13.5 Å². The highest BCUT2D eigenvalue weighted by atomic mass is 79.9. The van der Waals surface area contributed by atoms with Crippen LogP contribution in [0.4, 0.5) is 5.69 Å². The van der Waals surface area contributed by atoms with Gasteiger partial charge >= 0.3 is 0 Å². The summed E-state index contributed by atoms with van der Waals surface area (Å²) in [6.07, 6.45) is 1.76. The topological polar surface area (TPSA) is 30.8 Å². The lowest BCUT2D eigenvalue weighted by molar-refractivity contribution is 0.306. The molecule has 138 valence electrons. The zero-order chi connectivity index (χ0) is 19.1. The molecule has 0 unspecified atom stereocenters. The Kier molecular flexibility index (Phi) is 6.91. The van der Waals surface area contributed by atoms with E-state index in [1.807, 2.05) is 73.7 Å². The molecular weight excluding hydrogens is 426 g/mol. The summed E-state index contributed by atoms with van der Waals surface area (Å²) in [5.74, 6) is 1.56. The number of rotatable bonds is 7. The second-order valence-corrected chi connectivity index (χ2v) is 7.13. The first-order chi connectivity index (χ1) is 13.1. The van der Waals surface area contributed by atoms with Crippen molar-refractivity contribution in [3.8, 4) is 11.5 Å². The van der Waals surface area contributed by atoms with Crippen LogP contribution in [0.2, 0.25) is 5.02 Å². The van der Waals surface area contributed by atoms with Crippen LogP contribution in [-0.4, -0.2) is 12.8 Å². The van der Waals surface area contributed by atoms with Crippen molar-refractivity contribution >= 4 is 39.4 Å². The number of ether oxygens (including phenoxy) is 2. The lowest BCUT2D eigenvalue weighted by atomic mass is 10.2. The van der Waals surface area contributed by atoms with E-state index in [9.17, 15) is 0 Å². The van der Waals surface area contributed by atoms with E-state index >= 15 is 0 Å². The quantitative estimate of drug-likeness (QED) is 0.374. The highest BCUT2D eigenvalue weighted by Crippen LogP contribution is 2.24. The average Bonchev–Trinajstić information content (AvgIpc) is 2.68. The van der Waals surface area contributed by atoms with E-state index in [-0.39, 0.29) is 0 Å². The second kappa shape index (κ2) is 9.58. The van der Waals surface area contributed by atoms with Gasteiger partial charge in [-0.15, -0.1) is 0 Å². The van der Waals surface area contributed by atoms with E-state index in [1.54, 1.807) is 6.21 Å². The molecule has 3 nitrogen and oxygen atoms in total. The molecule has 5 heteroatoms. The van der Waals surface area contributed by atoms with Crippen LogP contribution in [0.25, 0.3) is 0 Å². The summed E-state index contributed by atoms with van der Waals surface area (Å²) >= 11 is 9.59. The Morgan fingerprint density at radius 2 is 1.70 bits per heavy atom. The van der Waals surface area contributed by atoms with Gasteiger partial charge in [0.25, 0.3) is 0 Å². The minimum Gasteiger partial charge on any atom is -0.494 e. The number of hydrogen-bond acceptors (Lipinski definition) is 3. The zero-order valence-corrected chi connectivity index (χ0v) is 17.2. The fourth-order valence-electron chi connectivity index (χ4n) is 2.43. The zero-order valence-electron chi connectivity index (χ0n) is 14.9. The fourth-order valence-corrected chi connectivity index (χ4v) is 2.88. The first kappa shape index (κ1) is 19.5. The van der Waals surface area contributed by atoms with E-state index in [1.165, 1.54) is 0 Å². The van der Waals surface area contributed by atoms with Crippen molar-refractivity contribution in [1.82, 2.24) is 0 Å². The van der Waals surface area contributed by atoms with Crippen molar-refractivity contribution in [2.24, 2.45) is 4.99 Å². The first-order valence-corrected chi connectivity index (χ1v) is 9.75. The summed E-state index contributed by atoms with van der Waals surface area (Å²) in [5, 5.41) is 0.638. The third-order valence-corrected chi connectivity index (χ3v) is 4.54. The standard InChI is InChI=1S/C22H19BrClNO2/c1-2-26-21-10-8-20(9-11-21)25-14-17-13-19(24)7-12-22(17)27-15-16-3-5-18(23)6-4-16/h3-14H,2,15H2,1H3. The van der Waals surface area contributed by atoms with Crippen molar-refractivity contribution in [3.63, 3.8) is 0 Å². The normalized spacial score (nSPS) is 10.9. The number of benzene rings is 3. The Labute approximate surface area is 172 Å². The molecule has 3 aromatic carbocycles. The summed E-state index contributed by atoms with van der Waals surface area (Å²) in [6.45, 7) is 3.07. The minimum absolute atomic E-state index is 0.471. The molecule has 0 radical (unpaired) electrons. The molecule has 3 rings (SSSR count). The van der Waals surface area contributed by atoms with Gasteiger partial charge in [0.15, 0.2) is 0 Å². The molecule has 0 fully saturated rings. The Hall–Kier alpha value is -2.30. The van der Waals surface area contributed by atoms with E-state index < -0.39 is 0 Å². The smallest absolute Gasteiger partial charge is 0.128 e. The summed E-state index contributed by atoms with van der Waals surface area (Å²) in [6, 6.07) is 21.2. The van der Waals surface area contributed by atoms with Gasteiger partial charge < -0.3 is 9.47 Å². The molecule has 27 heavy (non-hydrogen) atoms. The van der Waals surface area contributed by atoms with E-state index in [0.29, 0.717) is 18.2 Å². The van der Waals surface area contributed by atoms with Gasteiger partial charge in [-0.1, -0.05) is 39.7 Å². The highest BCUT2D eigenvalue weighted by Gasteiger charge is 2.04. The maximum Gasteiger partial charge on any atom is 0.128 e. The molecule has 0 atom stereocenters. The lowest BCUT2D eigenvalue weighted by Crippen LogP contribution is -1.98. The first-order valence-electron chi connectivity index (χ1n) is 8.58. The van der Waals surface area contributed by atoms with Crippen LogP contribution >= 0.6 is 27.5 Å². The maximum atomic E-state index is 6.15. The number of hydrogen-bond donors (Lipinski definition) is 0. The van der Waals surface area contributed by atoms with Crippen LogP contribution in [-0.2, 0) is 6.61 Å². The Morgan fingerprint density at radius 1 is 0.963 bits per heavy atom. The fraction of sp³-hybridized carbons (Fsp3) is 0.136. The van der Waals surface area contributed by atoms with E-state index in [0.717, 1.165) is 32.8 Å². The molecule has 0 heterocycles. The van der Waals surface area contributed by atoms with Gasteiger partial charge in [-0.05, 0) is 67.1 Å². The summed E-state index contributed by atoms with van der Waals surface area (Å²) in [7, 11) is 0. The molecule has 0 aliphatic carbocycles. The van der Waals surface area contributed by atoms with Crippen LogP contribution in [0.15, 0.2) is 76.2 Å². The van der Waals surface area contributed by atoms with Crippen molar-refractivity contribution in [2.75, 3.05) is 6.61 Å². The molecule has 3 aromatic rings. The number of nitrogens with zero attached hydrogens (tertiary/aromatic N) is 1. The van der Waals surface area contributed by atoms with Crippen molar-refractivity contribution < 1.29 is 9.47 Å². The molecular formula is C22H19BrClNO2. The molecule has 0 spiro atoms. The third-order valence-electron chi connectivity index (χ3n) is 3.78. The van der Waals surface area contributed by atoms with Crippen LogP contribution in [0.3, 0.4) is 0 Å². The lowest BCUT2D eigenvalue weighted by Gasteiger charge is -2.10. The largest absolute Gasteiger partial charge is 0.494 e. The average molecular weight is 445 g/mol. The third kappa shape index (κ3) is 5.84. The molecule has 0 saturated heterocycles. The minimum atomic E-state index is 0.471. The molecule has 0 N–H and O–H groups in total. The number of halogens is 2. The van der Waals surface area contributed by atoms with E-state index in [2.05, 4.69) is 20.9 Å². The maximum absolute atomic E-state index is 6.15. The van der Waals surface area contributed by atoms with Crippen LogP contribution in [0.5, 0.6) is 11.5 Å². The molecule has 0 bridgehead atoms. The predicted molar refractivity (Wildman–Crippen MR) is 115 cm³/mol. The number of aliphatic imine (C=N–C) groups is 1. The predicted octanol–water partition coefficient (Wildman–Crippen LogP) is 6.83. The van der Waals surface area contributed by atoms with Gasteiger partial charge in [0, 0.05) is 21.3 Å². The van der Waals surface area contributed by atoms with Gasteiger partial charge in [0.2, 0.25) is 0 Å². The van der Waals surface area contributed by atoms with Crippen molar-refractivity contribution in [3.05, 3.63) is 87.4 Å². The molecule has 0 amide bonds. The second-order valence-electron chi connectivity index (χ2n) is 5.78. The van der Waals surface area contributed by atoms with E-state index in [4.69, 9.17) is 21.1 Å². The van der Waals surface area contributed by atoms with Gasteiger partial charge in [-0.25, -0.2) is 0 Å². The summed E-state index contributed by atoms with van der Waals surface area (Å²) in [5.41, 5.74) is 2.74. The van der Waals surface area contributed by atoms with Crippen LogP contribution in [0, 0.1) is 0 Å². The summed E-state index contributed by atoms with van der Waals surface area (Å²) < 4.78 is 12.5. The highest BCUT2D eigenvalue weighted by molar-refractivity contribution is 9.10. The molecule has 0 saturated carbocycles. The van der Waals surface area contributed by atoms with Gasteiger partial charge in [-0.3, -0.25) is 4.99 Å². The SMILES string of the molecule is CCOc1ccc(N=Cc2cc(Cl)ccc2OCc2ccc(Br)cc2)cc1. The molecule has 0 aromatic heterocycles. The van der Waals surface area contributed by atoms with Gasteiger partial charge in [0.05, 0.1) is 12.3 Å². The van der Waals surface area contributed by atoms with Crippen LogP contribution in [0.1, 0.15) is 18.1 Å². The van der Waals surface area contributed by atoms with Gasteiger partial charge in [0.1, 0.15) is 18.1 Å². The van der Waals surface area contributed by atoms with Crippen molar-refractivity contribution in [1.29, 1.82) is 0 Å². The Morgan fingerprint density at radius 3 is 2.41 bits per heavy atom.